The van der Waals surface area contributed by atoms with E-state index in [1.165, 1.54) is 57.3 Å². The Morgan fingerprint density at radius 1 is 1.15 bits per heavy atom. The monoisotopic (exact) mass is 274 g/mol. The summed E-state index contributed by atoms with van der Waals surface area (Å²) in [7, 11) is 2.08. The zero-order chi connectivity index (χ0) is 14.2. The van der Waals surface area contributed by atoms with Gasteiger partial charge < -0.3 is 10.2 Å². The molecule has 2 heteroatoms. The normalized spacial score (nSPS) is 19.1. The van der Waals surface area contributed by atoms with E-state index < -0.39 is 0 Å². The van der Waals surface area contributed by atoms with E-state index in [-0.39, 0.29) is 0 Å². The van der Waals surface area contributed by atoms with Crippen LogP contribution in [0.4, 0.5) is 0 Å². The highest BCUT2D eigenvalue weighted by molar-refractivity contribution is 5.14. The summed E-state index contributed by atoms with van der Waals surface area (Å²) >= 11 is 0. The van der Waals surface area contributed by atoms with Gasteiger partial charge >= 0.3 is 0 Å². The molecular formula is C18H30N2. The third-order valence-corrected chi connectivity index (χ3v) is 4.83. The number of nitrogens with one attached hydrogen (secondary N) is 1. The molecule has 0 bridgehead atoms. The van der Waals surface area contributed by atoms with Crippen LogP contribution in [0, 0.1) is 5.92 Å². The van der Waals surface area contributed by atoms with Crippen LogP contribution in [-0.4, -0.2) is 37.6 Å². The first-order valence-electron chi connectivity index (χ1n) is 8.23. The van der Waals surface area contributed by atoms with Crippen molar-refractivity contribution in [3.63, 3.8) is 0 Å². The van der Waals surface area contributed by atoms with E-state index in [1.54, 1.807) is 0 Å². The van der Waals surface area contributed by atoms with Crippen molar-refractivity contribution in [2.24, 2.45) is 5.92 Å². The number of hydrogen-bond acceptors (Lipinski definition) is 2. The number of aryl methyl sites for hydroxylation is 1. The van der Waals surface area contributed by atoms with E-state index in [0.29, 0.717) is 6.04 Å². The molecule has 0 spiro atoms. The maximum Gasteiger partial charge on any atom is 0.00649 e. The van der Waals surface area contributed by atoms with Gasteiger partial charge in [-0.1, -0.05) is 30.3 Å². The second-order valence-electron chi connectivity index (χ2n) is 6.20. The number of hydrogen-bond donors (Lipinski definition) is 1. The fraction of sp³-hybridized carbons (Fsp3) is 0.667. The van der Waals surface area contributed by atoms with E-state index in [0.717, 1.165) is 5.92 Å². The maximum absolute atomic E-state index is 3.40. The van der Waals surface area contributed by atoms with Crippen LogP contribution < -0.4 is 5.32 Å². The number of benzene rings is 1. The summed E-state index contributed by atoms with van der Waals surface area (Å²) < 4.78 is 0. The number of nitrogens with zero attached hydrogens (tertiary/aromatic N) is 1. The van der Waals surface area contributed by atoms with E-state index in [1.807, 2.05) is 0 Å². The minimum Gasteiger partial charge on any atom is -0.317 e. The predicted octanol–water partition coefficient (Wildman–Crippen LogP) is 3.33. The highest BCUT2D eigenvalue weighted by Gasteiger charge is 2.22. The lowest BCUT2D eigenvalue weighted by Crippen LogP contribution is -2.41. The summed E-state index contributed by atoms with van der Waals surface area (Å²) in [6.07, 6.45) is 6.60. The first kappa shape index (κ1) is 15.5. The highest BCUT2D eigenvalue weighted by atomic mass is 15.1. The van der Waals surface area contributed by atoms with Gasteiger partial charge in [-0.15, -0.1) is 0 Å². The Labute approximate surface area is 124 Å². The summed E-state index contributed by atoms with van der Waals surface area (Å²) in [5, 5.41) is 3.40. The topological polar surface area (TPSA) is 15.3 Å². The summed E-state index contributed by atoms with van der Waals surface area (Å²) in [5.41, 5.74) is 1.48. The fourth-order valence-electron chi connectivity index (χ4n) is 3.22. The first-order valence-corrected chi connectivity index (χ1v) is 8.23. The number of rotatable bonds is 7. The largest absolute Gasteiger partial charge is 0.317 e. The molecule has 1 N–H and O–H groups in total. The van der Waals surface area contributed by atoms with Gasteiger partial charge in [0.2, 0.25) is 0 Å². The van der Waals surface area contributed by atoms with Gasteiger partial charge in [-0.25, -0.2) is 0 Å². The zero-order valence-electron chi connectivity index (χ0n) is 13.1. The minimum absolute atomic E-state index is 0.676. The lowest BCUT2D eigenvalue weighted by atomic mass is 9.90. The van der Waals surface area contributed by atoms with E-state index in [4.69, 9.17) is 0 Å². The van der Waals surface area contributed by atoms with Crippen LogP contribution in [0.5, 0.6) is 0 Å². The van der Waals surface area contributed by atoms with Gasteiger partial charge in [0.05, 0.1) is 0 Å². The molecule has 1 fully saturated rings. The Morgan fingerprint density at radius 2 is 1.85 bits per heavy atom. The van der Waals surface area contributed by atoms with Gasteiger partial charge in [0.1, 0.15) is 0 Å². The first-order chi connectivity index (χ1) is 9.79. The standard InChI is InChI=1S/C18H30N2/c1-16(19-2)18-11-14-20(15-12-18)13-7-6-10-17-8-4-3-5-9-17/h3-5,8-9,16,18-19H,6-7,10-15H2,1-2H3. The van der Waals surface area contributed by atoms with Gasteiger partial charge in [-0.05, 0) is 77.2 Å². The molecule has 0 aliphatic carbocycles. The van der Waals surface area contributed by atoms with Gasteiger partial charge in [0.25, 0.3) is 0 Å². The number of piperidine rings is 1. The molecule has 2 nitrogen and oxygen atoms in total. The van der Waals surface area contributed by atoms with Crippen molar-refractivity contribution in [3.8, 4) is 0 Å². The molecule has 0 radical (unpaired) electrons. The summed E-state index contributed by atoms with van der Waals surface area (Å²) in [5.74, 6) is 0.876. The molecule has 1 aliphatic rings. The van der Waals surface area contributed by atoms with Crippen molar-refractivity contribution in [3.05, 3.63) is 35.9 Å². The van der Waals surface area contributed by atoms with Crippen molar-refractivity contribution in [2.75, 3.05) is 26.7 Å². The molecule has 0 amide bonds. The lowest BCUT2D eigenvalue weighted by Gasteiger charge is -2.34. The van der Waals surface area contributed by atoms with Gasteiger partial charge in [-0.2, -0.15) is 0 Å². The second kappa shape index (κ2) is 8.43. The summed E-state index contributed by atoms with van der Waals surface area (Å²) in [4.78, 5) is 2.66. The highest BCUT2D eigenvalue weighted by Crippen LogP contribution is 2.20. The Bertz CT molecular complexity index is 355. The molecule has 1 heterocycles. The Balaban J connectivity index is 1.57. The quantitative estimate of drug-likeness (QED) is 0.767. The van der Waals surface area contributed by atoms with Crippen molar-refractivity contribution in [2.45, 2.75) is 45.1 Å². The van der Waals surface area contributed by atoms with Crippen molar-refractivity contribution >= 4 is 0 Å². The third-order valence-electron chi connectivity index (χ3n) is 4.83. The van der Waals surface area contributed by atoms with Crippen molar-refractivity contribution in [1.82, 2.24) is 10.2 Å². The Hall–Kier alpha value is -0.860. The zero-order valence-corrected chi connectivity index (χ0v) is 13.1. The molecule has 1 unspecified atom stereocenters. The number of unbranched alkanes of at least 4 members (excludes halogenated alkanes) is 1. The second-order valence-corrected chi connectivity index (χ2v) is 6.20. The molecule has 0 aromatic heterocycles. The Kier molecular flexibility index (Phi) is 6.55. The van der Waals surface area contributed by atoms with Gasteiger partial charge in [0.15, 0.2) is 0 Å². The van der Waals surface area contributed by atoms with Crippen LogP contribution in [0.25, 0.3) is 0 Å². The van der Waals surface area contributed by atoms with Gasteiger partial charge in [0, 0.05) is 6.04 Å². The molecule has 112 valence electrons. The van der Waals surface area contributed by atoms with Crippen LogP contribution in [0.3, 0.4) is 0 Å². The van der Waals surface area contributed by atoms with E-state index in [2.05, 4.69) is 54.5 Å². The maximum atomic E-state index is 3.40. The smallest absolute Gasteiger partial charge is 0.00649 e. The van der Waals surface area contributed by atoms with E-state index >= 15 is 0 Å². The summed E-state index contributed by atoms with van der Waals surface area (Å²) in [6.45, 7) is 6.19. The van der Waals surface area contributed by atoms with Crippen LogP contribution >= 0.6 is 0 Å². The van der Waals surface area contributed by atoms with Crippen molar-refractivity contribution < 1.29 is 0 Å². The molecule has 1 aromatic carbocycles. The van der Waals surface area contributed by atoms with Gasteiger partial charge in [-0.3, -0.25) is 0 Å². The predicted molar refractivity (Wildman–Crippen MR) is 87.1 cm³/mol. The molecule has 1 atom stereocenters. The molecule has 1 aliphatic heterocycles. The molecule has 2 rings (SSSR count). The van der Waals surface area contributed by atoms with Crippen LogP contribution in [0.2, 0.25) is 0 Å². The number of likely N-dealkylation sites (tertiary alicyclic amines) is 1. The fourth-order valence-corrected chi connectivity index (χ4v) is 3.22. The average Bonchev–Trinajstić information content (AvgIpc) is 2.52. The molecule has 20 heavy (non-hydrogen) atoms. The van der Waals surface area contributed by atoms with E-state index in [9.17, 15) is 0 Å². The van der Waals surface area contributed by atoms with Crippen LogP contribution in [0.15, 0.2) is 30.3 Å². The van der Waals surface area contributed by atoms with Crippen LogP contribution in [0.1, 0.15) is 38.2 Å². The molecular weight excluding hydrogens is 244 g/mol. The molecule has 1 aromatic rings. The van der Waals surface area contributed by atoms with Crippen LogP contribution in [-0.2, 0) is 6.42 Å². The minimum atomic E-state index is 0.676. The molecule has 1 saturated heterocycles. The Morgan fingerprint density at radius 3 is 2.50 bits per heavy atom. The molecule has 0 saturated carbocycles. The average molecular weight is 274 g/mol. The lowest BCUT2D eigenvalue weighted by molar-refractivity contribution is 0.163. The summed E-state index contributed by atoms with van der Waals surface area (Å²) in [6, 6.07) is 11.5. The third kappa shape index (κ3) is 4.92. The SMILES string of the molecule is CNC(C)C1CCN(CCCCc2ccccc2)CC1. The van der Waals surface area contributed by atoms with Crippen molar-refractivity contribution in [1.29, 1.82) is 0 Å².